The van der Waals surface area contributed by atoms with Crippen LogP contribution in [0.15, 0.2) is 34.8 Å². The maximum Gasteiger partial charge on any atom is 0.137 e. The molecule has 1 atom stereocenters. The monoisotopic (exact) mass is 367 g/mol. The highest BCUT2D eigenvalue weighted by Crippen LogP contribution is 2.41. The van der Waals surface area contributed by atoms with E-state index < -0.39 is 0 Å². The first-order valence-electron chi connectivity index (χ1n) is 6.95. The molecule has 0 aliphatic heterocycles. The minimum absolute atomic E-state index is 0.181. The second-order valence-corrected chi connectivity index (χ2v) is 6.73. The molecule has 0 N–H and O–H groups in total. The fraction of sp³-hybridized carbons (Fsp3) is 0.294. The molecule has 2 aromatic rings. The molecule has 0 fully saturated rings. The van der Waals surface area contributed by atoms with Gasteiger partial charge in [0.25, 0.3) is 0 Å². The summed E-state index contributed by atoms with van der Waals surface area (Å²) in [5.41, 5.74) is 4.51. The molecule has 0 aromatic heterocycles. The molecule has 1 aliphatic rings. The van der Waals surface area contributed by atoms with Crippen LogP contribution in [0.3, 0.4) is 0 Å². The van der Waals surface area contributed by atoms with E-state index in [1.54, 1.807) is 6.07 Å². The number of halogens is 3. The summed E-state index contributed by atoms with van der Waals surface area (Å²) in [4.78, 5) is 2.25. The first kappa shape index (κ1) is 14.9. The first-order valence-corrected chi connectivity index (χ1v) is 8.12. The summed E-state index contributed by atoms with van der Waals surface area (Å²) in [6.45, 7) is 2.01. The van der Waals surface area contributed by atoms with Gasteiger partial charge in [-0.15, -0.1) is 0 Å². The van der Waals surface area contributed by atoms with Crippen LogP contribution in [0.25, 0.3) is 0 Å². The van der Waals surface area contributed by atoms with Gasteiger partial charge in [0, 0.05) is 17.8 Å². The summed E-state index contributed by atoms with van der Waals surface area (Å²) < 4.78 is 14.3. The number of hydrogen-bond acceptors (Lipinski definition) is 1. The molecule has 21 heavy (non-hydrogen) atoms. The topological polar surface area (TPSA) is 3.24 Å². The van der Waals surface area contributed by atoms with E-state index in [-0.39, 0.29) is 11.9 Å². The van der Waals surface area contributed by atoms with E-state index in [1.165, 1.54) is 5.56 Å². The van der Waals surface area contributed by atoms with Gasteiger partial charge in [0.05, 0.1) is 10.5 Å². The third-order valence-corrected chi connectivity index (χ3v) is 5.56. The minimum Gasteiger partial charge on any atom is -0.368 e. The molecule has 0 heterocycles. The Kier molecular flexibility index (Phi) is 3.98. The Balaban J connectivity index is 1.96. The quantitative estimate of drug-likeness (QED) is 0.660. The predicted molar refractivity (Wildman–Crippen MR) is 89.8 cm³/mol. The van der Waals surface area contributed by atoms with Crippen molar-refractivity contribution in [2.45, 2.75) is 25.8 Å². The number of hydrogen-bond donors (Lipinski definition) is 0. The van der Waals surface area contributed by atoms with Gasteiger partial charge < -0.3 is 4.90 Å². The Hall–Kier alpha value is -1.06. The van der Waals surface area contributed by atoms with Crippen LogP contribution in [0.5, 0.6) is 0 Å². The van der Waals surface area contributed by atoms with Crippen LogP contribution in [0.2, 0.25) is 5.02 Å². The molecule has 0 amide bonds. The van der Waals surface area contributed by atoms with Crippen LogP contribution in [-0.2, 0) is 6.42 Å². The maximum absolute atomic E-state index is 13.6. The van der Waals surface area contributed by atoms with Crippen molar-refractivity contribution in [1.29, 1.82) is 0 Å². The third-order valence-electron chi connectivity index (χ3n) is 4.28. The van der Waals surface area contributed by atoms with Crippen molar-refractivity contribution in [1.82, 2.24) is 0 Å². The second-order valence-electron chi connectivity index (χ2n) is 5.53. The molecule has 1 aliphatic carbocycles. The zero-order chi connectivity index (χ0) is 15.1. The Bertz CT molecular complexity index is 701. The molecular formula is C17H16BrClFN. The van der Waals surface area contributed by atoms with Gasteiger partial charge >= 0.3 is 0 Å². The van der Waals surface area contributed by atoms with Crippen molar-refractivity contribution in [3.8, 4) is 0 Å². The molecule has 0 saturated heterocycles. The van der Waals surface area contributed by atoms with Gasteiger partial charge in [0.15, 0.2) is 0 Å². The average molecular weight is 369 g/mol. The lowest BCUT2D eigenvalue weighted by molar-refractivity contribution is 0.618. The van der Waals surface area contributed by atoms with E-state index in [4.69, 9.17) is 11.6 Å². The van der Waals surface area contributed by atoms with E-state index in [2.05, 4.69) is 33.9 Å². The number of benzene rings is 2. The average Bonchev–Trinajstić information content (AvgIpc) is 2.89. The Labute approximate surface area is 137 Å². The summed E-state index contributed by atoms with van der Waals surface area (Å²) >= 11 is 9.47. The largest absolute Gasteiger partial charge is 0.368 e. The number of anilines is 1. The molecule has 1 unspecified atom stereocenters. The highest BCUT2D eigenvalue weighted by molar-refractivity contribution is 9.10. The highest BCUT2D eigenvalue weighted by atomic mass is 79.9. The van der Waals surface area contributed by atoms with Gasteiger partial charge in [0.2, 0.25) is 0 Å². The summed E-state index contributed by atoms with van der Waals surface area (Å²) in [5, 5.41) is 0.781. The molecule has 4 heteroatoms. The number of nitrogens with zero attached hydrogens (tertiary/aromatic N) is 1. The highest BCUT2D eigenvalue weighted by Gasteiger charge is 2.28. The fourth-order valence-corrected chi connectivity index (χ4v) is 3.72. The number of rotatable bonds is 2. The SMILES string of the molecule is Cc1cc(N(C)C2CCc3c2ccc(F)c3Br)ccc1Cl. The van der Waals surface area contributed by atoms with Crippen molar-refractivity contribution in [3.63, 3.8) is 0 Å². The number of aryl methyl sites for hydroxylation is 1. The van der Waals surface area contributed by atoms with Crippen molar-refractivity contribution in [2.75, 3.05) is 11.9 Å². The van der Waals surface area contributed by atoms with Gasteiger partial charge in [-0.25, -0.2) is 4.39 Å². The van der Waals surface area contributed by atoms with Crippen molar-refractivity contribution in [3.05, 3.63) is 62.3 Å². The number of fused-ring (bicyclic) bond motifs is 1. The minimum atomic E-state index is -0.181. The standard InChI is InChI=1S/C17H16BrClFN/c1-10-9-11(3-6-14(10)19)21(2)16-8-5-13-12(16)4-7-15(20)17(13)18/h3-4,6-7,9,16H,5,8H2,1-2H3. The van der Waals surface area contributed by atoms with Crippen molar-refractivity contribution >= 4 is 33.2 Å². The lowest BCUT2D eigenvalue weighted by Crippen LogP contribution is -2.22. The molecular weight excluding hydrogens is 353 g/mol. The molecule has 110 valence electrons. The van der Waals surface area contributed by atoms with Gasteiger partial charge in [-0.3, -0.25) is 0 Å². The van der Waals surface area contributed by atoms with Crippen LogP contribution < -0.4 is 4.90 Å². The van der Waals surface area contributed by atoms with Crippen LogP contribution in [0.1, 0.15) is 29.2 Å². The molecule has 0 saturated carbocycles. The Morgan fingerprint density at radius 1 is 1.29 bits per heavy atom. The lowest BCUT2D eigenvalue weighted by Gasteiger charge is -2.28. The molecule has 0 bridgehead atoms. The van der Waals surface area contributed by atoms with E-state index >= 15 is 0 Å². The van der Waals surface area contributed by atoms with Crippen LogP contribution >= 0.6 is 27.5 Å². The molecule has 0 spiro atoms. The van der Waals surface area contributed by atoms with Gasteiger partial charge in [-0.1, -0.05) is 17.7 Å². The zero-order valence-corrected chi connectivity index (χ0v) is 14.3. The van der Waals surface area contributed by atoms with E-state index in [9.17, 15) is 4.39 Å². The Morgan fingerprint density at radius 3 is 2.76 bits per heavy atom. The lowest BCUT2D eigenvalue weighted by atomic mass is 10.1. The summed E-state index contributed by atoms with van der Waals surface area (Å²) in [7, 11) is 2.08. The van der Waals surface area contributed by atoms with Crippen molar-refractivity contribution in [2.24, 2.45) is 0 Å². The zero-order valence-electron chi connectivity index (χ0n) is 12.0. The fourth-order valence-electron chi connectivity index (χ4n) is 3.04. The van der Waals surface area contributed by atoms with E-state index in [0.29, 0.717) is 4.47 Å². The molecule has 2 aromatic carbocycles. The van der Waals surface area contributed by atoms with E-state index in [1.807, 2.05) is 25.1 Å². The normalized spacial score (nSPS) is 16.9. The molecule has 1 nitrogen and oxygen atoms in total. The van der Waals surface area contributed by atoms with E-state index in [0.717, 1.165) is 34.7 Å². The van der Waals surface area contributed by atoms with Crippen molar-refractivity contribution < 1.29 is 4.39 Å². The molecule has 0 radical (unpaired) electrons. The predicted octanol–water partition coefficient (Wildman–Crippen LogP) is 5.67. The van der Waals surface area contributed by atoms with Crippen LogP contribution in [0, 0.1) is 12.7 Å². The van der Waals surface area contributed by atoms with Crippen LogP contribution in [0.4, 0.5) is 10.1 Å². The maximum atomic E-state index is 13.6. The third kappa shape index (κ3) is 2.58. The summed E-state index contributed by atoms with van der Waals surface area (Å²) in [5.74, 6) is -0.181. The Morgan fingerprint density at radius 2 is 2.05 bits per heavy atom. The first-order chi connectivity index (χ1) is 9.99. The van der Waals surface area contributed by atoms with Crippen LogP contribution in [-0.4, -0.2) is 7.05 Å². The summed E-state index contributed by atoms with van der Waals surface area (Å²) in [6, 6.07) is 9.79. The smallest absolute Gasteiger partial charge is 0.137 e. The van der Waals surface area contributed by atoms with Gasteiger partial charge in [-0.05, 0) is 76.7 Å². The second kappa shape index (κ2) is 5.62. The van der Waals surface area contributed by atoms with Gasteiger partial charge in [-0.2, -0.15) is 0 Å². The van der Waals surface area contributed by atoms with Gasteiger partial charge in [0.1, 0.15) is 5.82 Å². The molecule has 3 rings (SSSR count). The summed E-state index contributed by atoms with van der Waals surface area (Å²) in [6.07, 6.45) is 1.89.